The van der Waals surface area contributed by atoms with Crippen molar-refractivity contribution in [3.8, 4) is 0 Å². The Labute approximate surface area is 54.6 Å². The van der Waals surface area contributed by atoms with Crippen LogP contribution in [0.1, 0.15) is 6.92 Å². The van der Waals surface area contributed by atoms with Gasteiger partial charge in [0.2, 0.25) is 6.36 Å². The number of morpholine rings is 1. The van der Waals surface area contributed by atoms with Crippen LogP contribution in [0.15, 0.2) is 0 Å². The summed E-state index contributed by atoms with van der Waals surface area (Å²) in [6.45, 7) is 4.80. The Hall–Kier alpha value is -0.150. The van der Waals surface area contributed by atoms with E-state index in [1.54, 1.807) is 0 Å². The average Bonchev–Trinajstić information content (AvgIpc) is 1.88. The first-order valence-corrected chi connectivity index (χ1v) is 3.31. The molecule has 3 heteroatoms. The van der Waals surface area contributed by atoms with Gasteiger partial charge in [0.25, 0.3) is 0 Å². The molecule has 1 unspecified atom stereocenters. The first-order chi connectivity index (χ1) is 4.33. The average molecular weight is 133 g/mol. The van der Waals surface area contributed by atoms with Crippen molar-refractivity contribution in [1.82, 2.24) is 4.90 Å². The molecule has 1 atom stereocenters. The molecular weight excluding hydrogens is 121 g/mol. The molecule has 54 valence electrons. The Kier molecular flexibility index (Phi) is 2.42. The van der Waals surface area contributed by atoms with Crippen LogP contribution < -0.4 is 0 Å². The first kappa shape index (κ1) is 6.96. The molecule has 1 aliphatic heterocycles. The molecule has 0 aromatic carbocycles. The van der Waals surface area contributed by atoms with Gasteiger partial charge in [-0.25, -0.2) is 4.39 Å². The fourth-order valence-corrected chi connectivity index (χ4v) is 0.944. The summed E-state index contributed by atoms with van der Waals surface area (Å²) in [5, 5.41) is 0. The van der Waals surface area contributed by atoms with Gasteiger partial charge in [0, 0.05) is 6.54 Å². The van der Waals surface area contributed by atoms with Gasteiger partial charge in [-0.2, -0.15) is 0 Å². The van der Waals surface area contributed by atoms with Crippen LogP contribution in [-0.4, -0.2) is 37.5 Å². The van der Waals surface area contributed by atoms with Gasteiger partial charge < -0.3 is 4.74 Å². The summed E-state index contributed by atoms with van der Waals surface area (Å²) < 4.78 is 17.1. The van der Waals surface area contributed by atoms with Crippen molar-refractivity contribution in [1.29, 1.82) is 0 Å². The number of rotatable bonds is 1. The zero-order valence-electron chi connectivity index (χ0n) is 5.64. The lowest BCUT2D eigenvalue weighted by Gasteiger charge is -2.27. The smallest absolute Gasteiger partial charge is 0.211 e. The number of nitrogens with zero attached hydrogens (tertiary/aromatic N) is 1. The summed E-state index contributed by atoms with van der Waals surface area (Å²) in [6, 6.07) is 0. The van der Waals surface area contributed by atoms with Gasteiger partial charge in [0.1, 0.15) is 0 Å². The molecule has 1 fully saturated rings. The van der Waals surface area contributed by atoms with Crippen molar-refractivity contribution in [2.45, 2.75) is 13.3 Å². The molecule has 0 spiro atoms. The standard InChI is InChI=1S/C6H12FNO/c1-2-8-3-4-9-6(7)5-8/h6H,2-5H2,1H3. The minimum absolute atomic E-state index is 0.441. The molecule has 2 nitrogen and oxygen atoms in total. The van der Waals surface area contributed by atoms with E-state index in [4.69, 9.17) is 4.74 Å². The Balaban J connectivity index is 2.23. The highest BCUT2D eigenvalue weighted by Crippen LogP contribution is 2.04. The third kappa shape index (κ3) is 1.91. The summed E-state index contributed by atoms with van der Waals surface area (Å²) in [5.74, 6) is 0. The van der Waals surface area contributed by atoms with Crippen LogP contribution in [-0.2, 0) is 4.74 Å². The van der Waals surface area contributed by atoms with Crippen LogP contribution in [0.5, 0.6) is 0 Å². The summed E-state index contributed by atoms with van der Waals surface area (Å²) in [7, 11) is 0. The van der Waals surface area contributed by atoms with E-state index < -0.39 is 6.36 Å². The molecule has 0 bridgehead atoms. The SMILES string of the molecule is CCN1CCOC(F)C1. The second kappa shape index (κ2) is 3.13. The van der Waals surface area contributed by atoms with Gasteiger partial charge in [-0.3, -0.25) is 4.90 Å². The van der Waals surface area contributed by atoms with Crippen molar-refractivity contribution >= 4 is 0 Å². The van der Waals surface area contributed by atoms with Crippen molar-refractivity contribution in [3.63, 3.8) is 0 Å². The minimum atomic E-state index is -1.06. The number of hydrogen-bond acceptors (Lipinski definition) is 2. The van der Waals surface area contributed by atoms with Gasteiger partial charge in [0.15, 0.2) is 0 Å². The minimum Gasteiger partial charge on any atom is -0.346 e. The Morgan fingerprint density at radius 1 is 1.78 bits per heavy atom. The number of alkyl halides is 1. The molecular formula is C6H12FNO. The van der Waals surface area contributed by atoms with E-state index in [0.717, 1.165) is 13.1 Å². The molecule has 1 aliphatic rings. The molecule has 1 saturated heterocycles. The highest BCUT2D eigenvalue weighted by Gasteiger charge is 2.16. The largest absolute Gasteiger partial charge is 0.346 e. The molecule has 1 heterocycles. The monoisotopic (exact) mass is 133 g/mol. The van der Waals surface area contributed by atoms with Crippen LogP contribution >= 0.6 is 0 Å². The molecule has 1 rings (SSSR count). The van der Waals surface area contributed by atoms with Crippen LogP contribution in [0, 0.1) is 0 Å². The van der Waals surface area contributed by atoms with Crippen LogP contribution in [0.2, 0.25) is 0 Å². The fraction of sp³-hybridized carbons (Fsp3) is 1.00. The number of halogens is 1. The second-order valence-electron chi connectivity index (χ2n) is 2.17. The molecule has 0 N–H and O–H groups in total. The van der Waals surface area contributed by atoms with Crippen molar-refractivity contribution in [3.05, 3.63) is 0 Å². The highest BCUT2D eigenvalue weighted by molar-refractivity contribution is 4.61. The molecule has 0 amide bonds. The molecule has 0 aromatic rings. The van der Waals surface area contributed by atoms with E-state index in [0.29, 0.717) is 13.2 Å². The van der Waals surface area contributed by atoms with Gasteiger partial charge in [-0.15, -0.1) is 0 Å². The maximum absolute atomic E-state index is 12.4. The van der Waals surface area contributed by atoms with E-state index in [-0.39, 0.29) is 0 Å². The molecule has 0 radical (unpaired) electrons. The topological polar surface area (TPSA) is 12.5 Å². The molecule has 0 saturated carbocycles. The predicted octanol–water partition coefficient (Wildman–Crippen LogP) is 0.634. The molecule has 9 heavy (non-hydrogen) atoms. The summed E-state index contributed by atoms with van der Waals surface area (Å²) in [4.78, 5) is 2.04. The third-order valence-electron chi connectivity index (χ3n) is 1.56. The Morgan fingerprint density at radius 2 is 2.56 bits per heavy atom. The predicted molar refractivity (Wildman–Crippen MR) is 33.0 cm³/mol. The fourth-order valence-electron chi connectivity index (χ4n) is 0.944. The summed E-state index contributed by atoms with van der Waals surface area (Å²) in [5.41, 5.74) is 0. The highest BCUT2D eigenvalue weighted by atomic mass is 19.1. The number of likely N-dealkylation sites (N-methyl/N-ethyl adjacent to an activating group) is 1. The first-order valence-electron chi connectivity index (χ1n) is 3.31. The number of ether oxygens (including phenoxy) is 1. The third-order valence-corrected chi connectivity index (χ3v) is 1.56. The van der Waals surface area contributed by atoms with Gasteiger partial charge in [-0.1, -0.05) is 6.92 Å². The zero-order valence-corrected chi connectivity index (χ0v) is 5.64. The zero-order chi connectivity index (χ0) is 6.69. The van der Waals surface area contributed by atoms with Crippen LogP contribution in [0.25, 0.3) is 0 Å². The van der Waals surface area contributed by atoms with Gasteiger partial charge in [-0.05, 0) is 6.54 Å². The van der Waals surface area contributed by atoms with Crippen molar-refractivity contribution in [2.75, 3.05) is 26.2 Å². The van der Waals surface area contributed by atoms with Gasteiger partial charge >= 0.3 is 0 Å². The maximum Gasteiger partial charge on any atom is 0.211 e. The lowest BCUT2D eigenvalue weighted by atomic mass is 10.4. The van der Waals surface area contributed by atoms with Crippen LogP contribution in [0.3, 0.4) is 0 Å². The maximum atomic E-state index is 12.4. The van der Waals surface area contributed by atoms with Crippen molar-refractivity contribution < 1.29 is 9.13 Å². The normalized spacial score (nSPS) is 30.7. The molecule has 0 aromatic heterocycles. The van der Waals surface area contributed by atoms with E-state index >= 15 is 0 Å². The quantitative estimate of drug-likeness (QED) is 0.520. The Bertz CT molecular complexity index is 89.1. The lowest BCUT2D eigenvalue weighted by Crippen LogP contribution is -2.40. The second-order valence-corrected chi connectivity index (χ2v) is 2.17. The van der Waals surface area contributed by atoms with Crippen LogP contribution in [0.4, 0.5) is 4.39 Å². The van der Waals surface area contributed by atoms with E-state index in [1.807, 2.05) is 11.8 Å². The summed E-state index contributed by atoms with van der Waals surface area (Å²) in [6.07, 6.45) is -1.06. The lowest BCUT2D eigenvalue weighted by molar-refractivity contribution is -0.0968. The molecule has 0 aliphatic carbocycles. The van der Waals surface area contributed by atoms with E-state index in [9.17, 15) is 4.39 Å². The Morgan fingerprint density at radius 3 is 3.00 bits per heavy atom. The summed E-state index contributed by atoms with van der Waals surface area (Å²) >= 11 is 0. The van der Waals surface area contributed by atoms with E-state index in [2.05, 4.69) is 0 Å². The van der Waals surface area contributed by atoms with Crippen molar-refractivity contribution in [2.24, 2.45) is 0 Å². The van der Waals surface area contributed by atoms with E-state index in [1.165, 1.54) is 0 Å². The van der Waals surface area contributed by atoms with Gasteiger partial charge in [0.05, 0.1) is 13.2 Å². The number of hydrogen-bond donors (Lipinski definition) is 0.